The highest BCUT2D eigenvalue weighted by Gasteiger charge is 2.09. The van der Waals surface area contributed by atoms with Gasteiger partial charge in [-0.1, -0.05) is 20.8 Å². The SMILES string of the molecule is CCNC(=NCc1ncc(C)s1)NCCCC(C)(C)C.I. The van der Waals surface area contributed by atoms with Gasteiger partial charge in [0.2, 0.25) is 0 Å². The van der Waals surface area contributed by atoms with Crippen LogP contribution in [0.25, 0.3) is 0 Å². The van der Waals surface area contributed by atoms with E-state index >= 15 is 0 Å². The molecular formula is C15H29IN4S. The van der Waals surface area contributed by atoms with Crippen molar-refractivity contribution in [2.75, 3.05) is 13.1 Å². The van der Waals surface area contributed by atoms with E-state index in [1.165, 1.54) is 11.3 Å². The van der Waals surface area contributed by atoms with Crippen LogP contribution >= 0.6 is 35.3 Å². The minimum Gasteiger partial charge on any atom is -0.357 e. The first-order valence-corrected chi connectivity index (χ1v) is 8.16. The van der Waals surface area contributed by atoms with Crippen LogP contribution in [0, 0.1) is 12.3 Å². The van der Waals surface area contributed by atoms with E-state index in [0.29, 0.717) is 12.0 Å². The molecule has 0 saturated heterocycles. The zero-order chi connectivity index (χ0) is 15.0. The predicted octanol–water partition coefficient (Wildman–Crippen LogP) is 3.95. The summed E-state index contributed by atoms with van der Waals surface area (Å²) < 4.78 is 0. The minimum absolute atomic E-state index is 0. The number of guanidine groups is 1. The minimum atomic E-state index is 0. The molecule has 1 rings (SSSR count). The van der Waals surface area contributed by atoms with Crippen molar-refractivity contribution >= 4 is 41.3 Å². The van der Waals surface area contributed by atoms with Crippen LogP contribution in [0.3, 0.4) is 0 Å². The number of aromatic nitrogens is 1. The molecule has 0 unspecified atom stereocenters. The van der Waals surface area contributed by atoms with Gasteiger partial charge in [0.15, 0.2) is 5.96 Å². The number of nitrogens with one attached hydrogen (secondary N) is 2. The fourth-order valence-corrected chi connectivity index (χ4v) is 2.50. The molecule has 0 aliphatic heterocycles. The van der Waals surface area contributed by atoms with Gasteiger partial charge in [-0.25, -0.2) is 9.98 Å². The van der Waals surface area contributed by atoms with Crippen molar-refractivity contribution in [3.63, 3.8) is 0 Å². The van der Waals surface area contributed by atoms with Gasteiger partial charge in [0.25, 0.3) is 0 Å². The smallest absolute Gasteiger partial charge is 0.191 e. The molecule has 0 aromatic carbocycles. The Bertz CT molecular complexity index is 424. The van der Waals surface area contributed by atoms with E-state index in [1.54, 1.807) is 11.3 Å². The molecule has 4 nitrogen and oxygen atoms in total. The topological polar surface area (TPSA) is 49.3 Å². The van der Waals surface area contributed by atoms with E-state index in [4.69, 9.17) is 0 Å². The lowest BCUT2D eigenvalue weighted by atomic mass is 9.91. The summed E-state index contributed by atoms with van der Waals surface area (Å²) in [5, 5.41) is 7.72. The monoisotopic (exact) mass is 424 g/mol. The third-order valence-electron chi connectivity index (χ3n) is 2.78. The number of thiazole rings is 1. The van der Waals surface area contributed by atoms with Gasteiger partial charge < -0.3 is 10.6 Å². The number of hydrogen-bond donors (Lipinski definition) is 2. The van der Waals surface area contributed by atoms with E-state index < -0.39 is 0 Å². The Morgan fingerprint density at radius 2 is 2.05 bits per heavy atom. The lowest BCUT2D eigenvalue weighted by molar-refractivity contribution is 0.365. The molecule has 122 valence electrons. The number of rotatable bonds is 6. The summed E-state index contributed by atoms with van der Waals surface area (Å²) in [5.74, 6) is 0.884. The summed E-state index contributed by atoms with van der Waals surface area (Å²) >= 11 is 1.71. The molecular weight excluding hydrogens is 395 g/mol. The van der Waals surface area contributed by atoms with Crippen LogP contribution in [-0.4, -0.2) is 24.0 Å². The molecule has 1 heterocycles. The third-order valence-corrected chi connectivity index (χ3v) is 3.68. The van der Waals surface area contributed by atoms with E-state index in [-0.39, 0.29) is 24.0 Å². The molecule has 0 amide bonds. The summed E-state index contributed by atoms with van der Waals surface area (Å²) in [5.41, 5.74) is 0.398. The standard InChI is InChI=1S/C15H28N4S.HI/c1-6-16-14(17-9-7-8-15(3,4)5)19-11-13-18-10-12(2)20-13;/h10H,6-9,11H2,1-5H3,(H2,16,17,19);1H. The van der Waals surface area contributed by atoms with Crippen molar-refractivity contribution in [3.8, 4) is 0 Å². The zero-order valence-electron chi connectivity index (χ0n) is 13.8. The lowest BCUT2D eigenvalue weighted by Crippen LogP contribution is -2.38. The molecule has 0 saturated carbocycles. The highest BCUT2D eigenvalue weighted by Crippen LogP contribution is 2.19. The van der Waals surface area contributed by atoms with Gasteiger partial charge in [-0.2, -0.15) is 0 Å². The van der Waals surface area contributed by atoms with Gasteiger partial charge in [-0.15, -0.1) is 35.3 Å². The van der Waals surface area contributed by atoms with Gasteiger partial charge in [-0.05, 0) is 32.1 Å². The van der Waals surface area contributed by atoms with Crippen molar-refractivity contribution in [1.82, 2.24) is 15.6 Å². The summed E-state index contributed by atoms with van der Waals surface area (Å²) in [6, 6.07) is 0. The second-order valence-corrected chi connectivity index (χ2v) is 7.47. The van der Waals surface area contributed by atoms with Crippen LogP contribution in [-0.2, 0) is 6.54 Å². The Morgan fingerprint density at radius 1 is 1.33 bits per heavy atom. The van der Waals surface area contributed by atoms with Gasteiger partial charge in [-0.3, -0.25) is 0 Å². The number of halogens is 1. The van der Waals surface area contributed by atoms with Gasteiger partial charge in [0.05, 0.1) is 6.54 Å². The summed E-state index contributed by atoms with van der Waals surface area (Å²) in [4.78, 5) is 10.1. The first-order chi connectivity index (χ1) is 9.40. The number of aliphatic imine (C=N–C) groups is 1. The first-order valence-electron chi connectivity index (χ1n) is 7.34. The molecule has 0 spiro atoms. The highest BCUT2D eigenvalue weighted by molar-refractivity contribution is 14.0. The Morgan fingerprint density at radius 3 is 2.57 bits per heavy atom. The number of aryl methyl sites for hydroxylation is 1. The lowest BCUT2D eigenvalue weighted by Gasteiger charge is -2.18. The maximum absolute atomic E-state index is 4.57. The van der Waals surface area contributed by atoms with Gasteiger partial charge in [0.1, 0.15) is 5.01 Å². The van der Waals surface area contributed by atoms with Crippen molar-refractivity contribution in [1.29, 1.82) is 0 Å². The molecule has 1 aromatic rings. The average molecular weight is 424 g/mol. The van der Waals surface area contributed by atoms with Crippen molar-refractivity contribution in [3.05, 3.63) is 16.1 Å². The van der Waals surface area contributed by atoms with Crippen LogP contribution in [0.15, 0.2) is 11.2 Å². The fraction of sp³-hybridized carbons (Fsp3) is 0.733. The van der Waals surface area contributed by atoms with Gasteiger partial charge >= 0.3 is 0 Å². The molecule has 1 aromatic heterocycles. The Balaban J connectivity index is 0.00000400. The second-order valence-electron chi connectivity index (χ2n) is 6.15. The highest BCUT2D eigenvalue weighted by atomic mass is 127. The van der Waals surface area contributed by atoms with E-state index in [0.717, 1.165) is 30.5 Å². The van der Waals surface area contributed by atoms with Crippen LogP contribution in [0.2, 0.25) is 0 Å². The molecule has 21 heavy (non-hydrogen) atoms. The Labute approximate surface area is 150 Å². The number of hydrogen-bond acceptors (Lipinski definition) is 3. The van der Waals surface area contributed by atoms with Gasteiger partial charge in [0, 0.05) is 24.2 Å². The maximum atomic E-state index is 4.57. The average Bonchev–Trinajstić information content (AvgIpc) is 2.76. The van der Waals surface area contributed by atoms with Crippen LogP contribution in [0.5, 0.6) is 0 Å². The first kappa shape index (κ1) is 20.6. The molecule has 0 aliphatic carbocycles. The van der Waals surface area contributed by atoms with Crippen molar-refractivity contribution in [2.24, 2.45) is 10.4 Å². The Kier molecular flexibility index (Phi) is 10.2. The second kappa shape index (κ2) is 10.4. The summed E-state index contributed by atoms with van der Waals surface area (Å²) in [6.45, 7) is 13.5. The fourth-order valence-electron chi connectivity index (χ4n) is 1.79. The molecule has 0 aliphatic rings. The van der Waals surface area contributed by atoms with Crippen LogP contribution in [0.4, 0.5) is 0 Å². The maximum Gasteiger partial charge on any atom is 0.191 e. The molecule has 6 heteroatoms. The quantitative estimate of drug-likeness (QED) is 0.315. The molecule has 0 fully saturated rings. The van der Waals surface area contributed by atoms with Crippen LogP contribution in [0.1, 0.15) is 50.4 Å². The van der Waals surface area contributed by atoms with E-state index in [2.05, 4.69) is 55.2 Å². The van der Waals surface area contributed by atoms with Crippen molar-refractivity contribution in [2.45, 2.75) is 54.0 Å². The largest absolute Gasteiger partial charge is 0.357 e. The zero-order valence-corrected chi connectivity index (χ0v) is 17.0. The summed E-state index contributed by atoms with van der Waals surface area (Å²) in [7, 11) is 0. The van der Waals surface area contributed by atoms with Crippen molar-refractivity contribution < 1.29 is 0 Å². The van der Waals surface area contributed by atoms with E-state index in [1.807, 2.05) is 6.20 Å². The molecule has 0 bridgehead atoms. The predicted molar refractivity (Wildman–Crippen MR) is 104 cm³/mol. The van der Waals surface area contributed by atoms with E-state index in [9.17, 15) is 0 Å². The molecule has 0 atom stereocenters. The summed E-state index contributed by atoms with van der Waals surface area (Å²) in [6.07, 6.45) is 4.27. The van der Waals surface area contributed by atoms with Crippen LogP contribution < -0.4 is 10.6 Å². The normalized spacial score (nSPS) is 12.0. The third kappa shape index (κ3) is 10.1. The molecule has 2 N–H and O–H groups in total. The Hall–Kier alpha value is -0.370. The molecule has 0 radical (unpaired) electrons. The number of nitrogens with zero attached hydrogens (tertiary/aromatic N) is 2.